The first-order chi connectivity index (χ1) is 16.4. The van der Waals surface area contributed by atoms with Crippen molar-refractivity contribution in [2.45, 2.75) is 37.9 Å². The van der Waals surface area contributed by atoms with Gasteiger partial charge in [-0.05, 0) is 29.7 Å². The van der Waals surface area contributed by atoms with E-state index in [0.717, 1.165) is 49.7 Å². The Hall–Kier alpha value is -3.17. The van der Waals surface area contributed by atoms with E-state index in [-0.39, 0.29) is 31.2 Å². The summed E-state index contributed by atoms with van der Waals surface area (Å²) in [5.74, 6) is -1.29. The summed E-state index contributed by atoms with van der Waals surface area (Å²) in [6, 6.07) is 14.0. The number of hydrogen-bond acceptors (Lipinski definition) is 6. The highest BCUT2D eigenvalue weighted by Gasteiger charge is 2.48. The third-order valence-electron chi connectivity index (χ3n) is 6.84. The maximum absolute atomic E-state index is 13.1. The monoisotopic (exact) mass is 458 g/mol. The molecule has 3 amide bonds. The van der Waals surface area contributed by atoms with E-state index in [1.807, 2.05) is 12.1 Å². The fraction of sp³-hybridized carbons (Fsp3) is 0.400. The maximum atomic E-state index is 13.1. The molecular formula is C25H27BN4O4. The Labute approximate surface area is 200 Å². The molecule has 1 unspecified atom stereocenters. The van der Waals surface area contributed by atoms with Crippen molar-refractivity contribution in [3.8, 4) is 0 Å². The van der Waals surface area contributed by atoms with Crippen LogP contribution in [0.15, 0.2) is 42.5 Å². The van der Waals surface area contributed by atoms with Gasteiger partial charge in [-0.2, -0.15) is 0 Å². The third kappa shape index (κ3) is 4.33. The van der Waals surface area contributed by atoms with E-state index >= 15 is 0 Å². The first-order valence-electron chi connectivity index (χ1n) is 11.6. The number of imide groups is 1. The smallest absolute Gasteiger partial charge is 0.254 e. The van der Waals surface area contributed by atoms with Gasteiger partial charge in [0.15, 0.2) is 0 Å². The standard InChI is InChI=1S/C25H27BN4O4/c26-25(9-8-22(31)28-24(25)33)30-16-20-19(23(30)32)2-1-3-21(20)27-14-17-4-6-18(7-5-17)15-29-10-12-34-13-11-29/h1-7,27H,8-16H2,(H,28,31,33). The Bertz CT molecular complexity index is 1120. The van der Waals surface area contributed by atoms with Gasteiger partial charge in [-0.1, -0.05) is 30.3 Å². The van der Waals surface area contributed by atoms with Crippen LogP contribution in [0.3, 0.4) is 0 Å². The van der Waals surface area contributed by atoms with E-state index in [1.165, 1.54) is 10.5 Å². The van der Waals surface area contributed by atoms with Gasteiger partial charge in [-0.3, -0.25) is 24.6 Å². The molecule has 0 spiro atoms. The topological polar surface area (TPSA) is 91.0 Å². The van der Waals surface area contributed by atoms with Crippen LogP contribution < -0.4 is 10.6 Å². The second kappa shape index (κ2) is 9.23. The molecule has 0 aliphatic carbocycles. The van der Waals surface area contributed by atoms with Crippen molar-refractivity contribution < 1.29 is 19.1 Å². The number of carbonyl (C=O) groups is 3. The third-order valence-corrected chi connectivity index (χ3v) is 6.84. The molecular weight excluding hydrogens is 431 g/mol. The minimum Gasteiger partial charge on any atom is -0.381 e. The highest BCUT2D eigenvalue weighted by Crippen LogP contribution is 2.35. The highest BCUT2D eigenvalue weighted by molar-refractivity contribution is 6.32. The van der Waals surface area contributed by atoms with Gasteiger partial charge in [0.25, 0.3) is 5.91 Å². The van der Waals surface area contributed by atoms with E-state index in [2.05, 4.69) is 39.8 Å². The molecule has 5 rings (SSSR count). The van der Waals surface area contributed by atoms with Crippen LogP contribution in [-0.2, 0) is 34.0 Å². The van der Waals surface area contributed by atoms with Gasteiger partial charge in [0.1, 0.15) is 7.85 Å². The summed E-state index contributed by atoms with van der Waals surface area (Å²) in [7, 11) is 6.35. The van der Waals surface area contributed by atoms with Crippen LogP contribution >= 0.6 is 0 Å². The van der Waals surface area contributed by atoms with Crippen LogP contribution in [0.2, 0.25) is 0 Å². The van der Waals surface area contributed by atoms with Gasteiger partial charge in [0.05, 0.1) is 18.7 Å². The minimum absolute atomic E-state index is 0.106. The number of benzene rings is 2. The lowest BCUT2D eigenvalue weighted by Crippen LogP contribution is -2.63. The van der Waals surface area contributed by atoms with Crippen LogP contribution in [0, 0.1) is 0 Å². The van der Waals surface area contributed by atoms with Gasteiger partial charge < -0.3 is 15.0 Å². The molecule has 0 aromatic heterocycles. The number of morpholine rings is 1. The Morgan fingerprint density at radius 2 is 1.76 bits per heavy atom. The van der Waals surface area contributed by atoms with Crippen LogP contribution in [0.25, 0.3) is 0 Å². The predicted molar refractivity (Wildman–Crippen MR) is 127 cm³/mol. The molecule has 1 atom stereocenters. The summed E-state index contributed by atoms with van der Waals surface area (Å²) < 4.78 is 5.41. The molecule has 8 nitrogen and oxygen atoms in total. The SMILES string of the molecule is [B]C1(N2Cc3c(NCc4ccc(CN5CCOCC5)cc4)cccc3C2=O)CCC(=O)NC1=O. The molecule has 9 heteroatoms. The first kappa shape index (κ1) is 22.6. The van der Waals surface area contributed by atoms with E-state index in [4.69, 9.17) is 12.6 Å². The van der Waals surface area contributed by atoms with E-state index in [9.17, 15) is 14.4 Å². The first-order valence-corrected chi connectivity index (χ1v) is 11.6. The summed E-state index contributed by atoms with van der Waals surface area (Å²) in [6.07, 6.45) is 0.214. The van der Waals surface area contributed by atoms with Crippen LogP contribution in [0.5, 0.6) is 0 Å². The second-order valence-electron chi connectivity index (χ2n) is 9.08. The Morgan fingerprint density at radius 3 is 2.50 bits per heavy atom. The number of carbonyl (C=O) groups excluding carboxylic acids is 3. The number of nitrogens with zero attached hydrogens (tertiary/aromatic N) is 2. The van der Waals surface area contributed by atoms with Crippen LogP contribution in [-0.4, -0.2) is 67.1 Å². The Balaban J connectivity index is 1.25. The Morgan fingerprint density at radius 1 is 1.03 bits per heavy atom. The summed E-state index contributed by atoms with van der Waals surface area (Å²) in [5, 5.41) is 5.70. The van der Waals surface area contributed by atoms with E-state index < -0.39 is 11.3 Å². The van der Waals surface area contributed by atoms with Gasteiger partial charge >= 0.3 is 0 Å². The molecule has 2 N–H and O–H groups in total. The number of fused-ring (bicyclic) bond motifs is 1. The highest BCUT2D eigenvalue weighted by atomic mass is 16.5. The summed E-state index contributed by atoms with van der Waals surface area (Å²) in [5.41, 5.74) is 3.04. The average Bonchev–Trinajstić information content (AvgIpc) is 3.20. The molecule has 174 valence electrons. The lowest BCUT2D eigenvalue weighted by molar-refractivity contribution is -0.138. The van der Waals surface area contributed by atoms with Crippen molar-refractivity contribution in [1.29, 1.82) is 0 Å². The summed E-state index contributed by atoms with van der Waals surface area (Å²) in [6.45, 7) is 5.23. The van der Waals surface area contributed by atoms with Gasteiger partial charge in [0.2, 0.25) is 11.8 Å². The molecule has 3 aliphatic rings. The molecule has 2 aromatic rings. The number of amides is 3. The van der Waals surface area contributed by atoms with Crippen LogP contribution in [0.1, 0.15) is 39.9 Å². The van der Waals surface area contributed by atoms with Crippen molar-refractivity contribution in [2.24, 2.45) is 0 Å². The number of nitrogens with one attached hydrogen (secondary N) is 2. The number of ether oxygens (including phenoxy) is 1. The van der Waals surface area contributed by atoms with Crippen molar-refractivity contribution in [3.63, 3.8) is 0 Å². The number of piperidine rings is 1. The molecule has 0 bridgehead atoms. The lowest BCUT2D eigenvalue weighted by atomic mass is 9.70. The number of rotatable bonds is 6. The van der Waals surface area contributed by atoms with Gasteiger partial charge in [-0.15, -0.1) is 0 Å². The molecule has 2 aromatic carbocycles. The second-order valence-corrected chi connectivity index (χ2v) is 9.08. The molecule has 2 saturated heterocycles. The fourth-order valence-corrected chi connectivity index (χ4v) is 4.77. The zero-order valence-electron chi connectivity index (χ0n) is 19.0. The fourth-order valence-electron chi connectivity index (χ4n) is 4.77. The van der Waals surface area contributed by atoms with Gasteiger partial charge in [0, 0.05) is 56.0 Å². The lowest BCUT2D eigenvalue weighted by Gasteiger charge is -2.40. The normalized spacial score (nSPS) is 23.1. The molecule has 3 aliphatic heterocycles. The molecule has 0 saturated carbocycles. The summed E-state index contributed by atoms with van der Waals surface area (Å²) >= 11 is 0. The van der Waals surface area contributed by atoms with Crippen molar-refractivity contribution in [2.75, 3.05) is 31.6 Å². The zero-order valence-corrected chi connectivity index (χ0v) is 19.0. The summed E-state index contributed by atoms with van der Waals surface area (Å²) in [4.78, 5) is 40.9. The van der Waals surface area contributed by atoms with Crippen LogP contribution in [0.4, 0.5) is 5.69 Å². The van der Waals surface area contributed by atoms with Crippen molar-refractivity contribution in [3.05, 3.63) is 64.7 Å². The van der Waals surface area contributed by atoms with Crippen molar-refractivity contribution >= 4 is 31.3 Å². The number of hydrogen-bond donors (Lipinski definition) is 2. The maximum Gasteiger partial charge on any atom is 0.254 e. The quantitative estimate of drug-likeness (QED) is 0.503. The predicted octanol–water partition coefficient (Wildman–Crippen LogP) is 1.39. The average molecular weight is 458 g/mol. The van der Waals surface area contributed by atoms with E-state index in [1.54, 1.807) is 6.07 Å². The molecule has 2 fully saturated rings. The van der Waals surface area contributed by atoms with Crippen molar-refractivity contribution in [1.82, 2.24) is 15.1 Å². The van der Waals surface area contributed by atoms with E-state index in [0.29, 0.717) is 12.1 Å². The Kier molecular flexibility index (Phi) is 6.14. The zero-order chi connectivity index (χ0) is 23.7. The molecule has 34 heavy (non-hydrogen) atoms. The largest absolute Gasteiger partial charge is 0.381 e. The number of anilines is 1. The van der Waals surface area contributed by atoms with Gasteiger partial charge in [-0.25, -0.2) is 0 Å². The molecule has 2 radical (unpaired) electrons. The minimum atomic E-state index is -1.53. The molecule has 3 heterocycles.